The van der Waals surface area contributed by atoms with Crippen LogP contribution in [0.5, 0.6) is 0 Å². The highest BCUT2D eigenvalue weighted by molar-refractivity contribution is 7.99. The summed E-state index contributed by atoms with van der Waals surface area (Å²) < 4.78 is 10.4. The fourth-order valence-corrected chi connectivity index (χ4v) is 4.56. The second-order valence-electron chi connectivity index (χ2n) is 7.72. The summed E-state index contributed by atoms with van der Waals surface area (Å²) >= 11 is 1.46. The van der Waals surface area contributed by atoms with Gasteiger partial charge < -0.3 is 14.9 Å². The molecule has 3 rings (SSSR count). The number of aryl methyl sites for hydroxylation is 4. The van der Waals surface area contributed by atoms with Crippen molar-refractivity contribution in [1.29, 1.82) is 0 Å². The van der Waals surface area contributed by atoms with Crippen molar-refractivity contribution in [1.82, 2.24) is 4.98 Å². The maximum atomic E-state index is 12.5. The summed E-state index contributed by atoms with van der Waals surface area (Å²) in [6.07, 6.45) is 0.142. The number of aromatic nitrogens is 1. The summed E-state index contributed by atoms with van der Waals surface area (Å²) in [6.45, 7) is 9.42. The maximum Gasteiger partial charge on any atom is 0.342 e. The van der Waals surface area contributed by atoms with Crippen molar-refractivity contribution in [2.24, 2.45) is 5.73 Å². The van der Waals surface area contributed by atoms with Gasteiger partial charge in [-0.15, -0.1) is 11.8 Å². The zero-order valence-electron chi connectivity index (χ0n) is 19.3. The number of fused-ring (bicyclic) bond motifs is 1. The molecule has 2 amide bonds. The average Bonchev–Trinajstić information content (AvgIpc) is 3.05. The molecule has 0 unspecified atom stereocenters. The Morgan fingerprint density at radius 2 is 1.82 bits per heavy atom. The number of benzene rings is 1. The summed E-state index contributed by atoms with van der Waals surface area (Å²) in [7, 11) is 0. The van der Waals surface area contributed by atoms with Crippen LogP contribution >= 0.6 is 11.8 Å². The summed E-state index contributed by atoms with van der Waals surface area (Å²) in [4.78, 5) is 41.3. The molecule has 0 bridgehead atoms. The van der Waals surface area contributed by atoms with Crippen molar-refractivity contribution >= 4 is 46.3 Å². The first kappa shape index (κ1) is 24.3. The second-order valence-corrected chi connectivity index (χ2v) is 8.84. The van der Waals surface area contributed by atoms with E-state index in [4.69, 9.17) is 19.9 Å². The largest absolute Gasteiger partial charge is 0.462 e. The van der Waals surface area contributed by atoms with Gasteiger partial charge in [0.15, 0.2) is 0 Å². The number of amides is 2. The van der Waals surface area contributed by atoms with E-state index in [1.807, 2.05) is 19.9 Å². The maximum absolute atomic E-state index is 12.5. The number of thioether (sulfide) groups is 1. The van der Waals surface area contributed by atoms with Crippen molar-refractivity contribution in [2.75, 3.05) is 17.7 Å². The zero-order valence-corrected chi connectivity index (χ0v) is 20.1. The van der Waals surface area contributed by atoms with E-state index in [9.17, 15) is 14.4 Å². The number of esters is 1. The Balaban J connectivity index is 1.70. The highest BCUT2D eigenvalue weighted by Gasteiger charge is 2.29. The minimum atomic E-state index is -0.888. The highest BCUT2D eigenvalue weighted by Crippen LogP contribution is 2.29. The van der Waals surface area contributed by atoms with Crippen LogP contribution in [0.25, 0.3) is 10.9 Å². The molecule has 33 heavy (non-hydrogen) atoms. The van der Waals surface area contributed by atoms with E-state index in [1.54, 1.807) is 6.92 Å². The Morgan fingerprint density at radius 3 is 2.48 bits per heavy atom. The Labute approximate surface area is 196 Å². The third kappa shape index (κ3) is 5.36. The first-order valence-corrected chi connectivity index (χ1v) is 11.5. The number of carbonyl (C=O) groups is 3. The molecule has 2 heterocycles. The van der Waals surface area contributed by atoms with Crippen LogP contribution < -0.4 is 11.1 Å². The molecule has 0 aliphatic heterocycles. The van der Waals surface area contributed by atoms with E-state index in [1.165, 1.54) is 24.2 Å². The first-order valence-electron chi connectivity index (χ1n) is 10.5. The second kappa shape index (κ2) is 10.1. The smallest absolute Gasteiger partial charge is 0.342 e. The van der Waals surface area contributed by atoms with Crippen molar-refractivity contribution in [3.8, 4) is 0 Å². The molecule has 0 radical (unpaired) electrons. The summed E-state index contributed by atoms with van der Waals surface area (Å²) in [5.74, 6) is -1.53. The quantitative estimate of drug-likeness (QED) is 0.369. The number of ether oxygens (including phenoxy) is 1. The molecule has 0 saturated heterocycles. The number of carbonyl (C=O) groups excluding carboxylic acids is 3. The van der Waals surface area contributed by atoms with E-state index < -0.39 is 11.9 Å². The number of rotatable bonds is 8. The topological polar surface area (TPSA) is 125 Å². The normalized spacial score (nSPS) is 10.9. The van der Waals surface area contributed by atoms with Crippen LogP contribution in [0.4, 0.5) is 5.88 Å². The van der Waals surface area contributed by atoms with Crippen LogP contribution in [0.1, 0.15) is 56.5 Å². The lowest BCUT2D eigenvalue weighted by atomic mass is 10.0. The Bertz CT molecular complexity index is 1250. The number of primary amides is 1. The molecular formula is C24H27N3O5S. The molecule has 8 nitrogen and oxygen atoms in total. The van der Waals surface area contributed by atoms with E-state index in [-0.39, 0.29) is 41.7 Å². The number of hydrogen-bond acceptors (Lipinski definition) is 7. The fraction of sp³-hybridized carbons (Fsp3) is 0.333. The Hall–Kier alpha value is -3.33. The molecule has 0 atom stereocenters. The standard InChI is InChI=1S/C24H27N3O5S/c1-6-31-24(30)19-15(5)32-23(20(19)22(25)29)26-17(28)7-8-33-18-11-13(3)16-10-12(2)9-14(4)21(16)27-18/h9-11H,6-8H2,1-5H3,(H2,25,29)(H,26,28). The van der Waals surface area contributed by atoms with Gasteiger partial charge in [0.25, 0.3) is 5.91 Å². The average molecular weight is 470 g/mol. The van der Waals surface area contributed by atoms with Gasteiger partial charge in [0, 0.05) is 17.6 Å². The predicted molar refractivity (Wildman–Crippen MR) is 128 cm³/mol. The van der Waals surface area contributed by atoms with Gasteiger partial charge in [-0.1, -0.05) is 11.6 Å². The van der Waals surface area contributed by atoms with Gasteiger partial charge in [-0.3, -0.25) is 14.9 Å². The van der Waals surface area contributed by atoms with Crippen molar-refractivity contribution in [2.45, 2.75) is 46.1 Å². The molecule has 174 valence electrons. The molecule has 0 fully saturated rings. The third-order valence-corrected chi connectivity index (χ3v) is 5.99. The molecule has 3 aromatic rings. The van der Waals surface area contributed by atoms with Crippen LogP contribution in [0.3, 0.4) is 0 Å². The van der Waals surface area contributed by atoms with Gasteiger partial charge in [0.05, 0.1) is 17.1 Å². The van der Waals surface area contributed by atoms with E-state index in [2.05, 4.69) is 24.4 Å². The predicted octanol–water partition coefficient (Wildman–Crippen LogP) is 4.46. The minimum absolute atomic E-state index is 0.0736. The van der Waals surface area contributed by atoms with Crippen molar-refractivity contribution in [3.63, 3.8) is 0 Å². The van der Waals surface area contributed by atoms with E-state index in [0.29, 0.717) is 5.75 Å². The van der Waals surface area contributed by atoms with Gasteiger partial charge in [-0.25, -0.2) is 9.78 Å². The zero-order chi connectivity index (χ0) is 24.3. The number of nitrogens with two attached hydrogens (primary N) is 1. The number of hydrogen-bond donors (Lipinski definition) is 2. The minimum Gasteiger partial charge on any atom is -0.462 e. The lowest BCUT2D eigenvalue weighted by Crippen LogP contribution is -2.20. The molecule has 0 aliphatic carbocycles. The summed E-state index contributed by atoms with van der Waals surface area (Å²) in [5.41, 5.74) is 9.54. The molecule has 1 aromatic carbocycles. The number of furan rings is 1. The van der Waals surface area contributed by atoms with Crippen molar-refractivity contribution < 1.29 is 23.5 Å². The summed E-state index contributed by atoms with van der Waals surface area (Å²) in [6, 6.07) is 6.23. The van der Waals surface area contributed by atoms with Gasteiger partial charge in [-0.05, 0) is 57.9 Å². The Morgan fingerprint density at radius 1 is 1.09 bits per heavy atom. The van der Waals surface area contributed by atoms with Gasteiger partial charge in [-0.2, -0.15) is 0 Å². The third-order valence-electron chi connectivity index (χ3n) is 5.07. The van der Waals surface area contributed by atoms with E-state index >= 15 is 0 Å². The molecular weight excluding hydrogens is 442 g/mol. The van der Waals surface area contributed by atoms with Crippen LogP contribution in [-0.2, 0) is 9.53 Å². The monoisotopic (exact) mass is 469 g/mol. The SMILES string of the molecule is CCOC(=O)c1c(C)oc(NC(=O)CCSc2cc(C)c3cc(C)cc(C)c3n2)c1C(N)=O. The van der Waals surface area contributed by atoms with Crippen LogP contribution in [0.15, 0.2) is 27.6 Å². The fourth-order valence-electron chi connectivity index (χ4n) is 3.64. The molecule has 0 spiro atoms. The van der Waals surface area contributed by atoms with Gasteiger partial charge in [0.2, 0.25) is 11.8 Å². The number of nitrogens with one attached hydrogen (secondary N) is 1. The molecule has 0 saturated carbocycles. The molecule has 0 aliphatic rings. The van der Waals surface area contributed by atoms with Crippen LogP contribution in [0.2, 0.25) is 0 Å². The Kier molecular flexibility index (Phi) is 7.43. The molecule has 3 N–H and O–H groups in total. The highest BCUT2D eigenvalue weighted by atomic mass is 32.2. The van der Waals surface area contributed by atoms with Crippen molar-refractivity contribution in [3.05, 3.63) is 51.8 Å². The van der Waals surface area contributed by atoms with Gasteiger partial charge in [0.1, 0.15) is 16.9 Å². The van der Waals surface area contributed by atoms with Gasteiger partial charge >= 0.3 is 5.97 Å². The first-order chi connectivity index (χ1) is 15.6. The molecule has 9 heteroatoms. The number of pyridine rings is 1. The number of anilines is 1. The van der Waals surface area contributed by atoms with Crippen LogP contribution in [0, 0.1) is 27.7 Å². The van der Waals surface area contributed by atoms with Crippen LogP contribution in [-0.4, -0.2) is 35.1 Å². The van der Waals surface area contributed by atoms with E-state index in [0.717, 1.165) is 27.1 Å². The lowest BCUT2D eigenvalue weighted by Gasteiger charge is -2.10. The lowest BCUT2D eigenvalue weighted by molar-refractivity contribution is -0.115. The number of nitrogens with zero attached hydrogens (tertiary/aromatic N) is 1. The molecule has 2 aromatic heterocycles. The summed E-state index contributed by atoms with van der Waals surface area (Å²) in [5, 5.41) is 4.50.